The standard InChI is InChI=1S/C32H27BrCl2N2O6S/c1-5-42-31(39)27-17(2)36-32-37(28(27)19-7-10-22(40-3)11-8-19)30(38)26(44-32)14-18-12-23(33)29(25(13-18)41-4)43-16-20-6-9-21(34)15-24(20)35/h6-15,28H,5,16H2,1-4H3/b26-14-/t28-/m0/s1. The molecular weight excluding hydrogens is 691 g/mol. The number of nitrogens with zero attached hydrogens (tertiary/aromatic N) is 2. The van der Waals surface area contributed by atoms with Crippen molar-refractivity contribution in [2.75, 3.05) is 20.8 Å². The summed E-state index contributed by atoms with van der Waals surface area (Å²) in [5.41, 5.74) is 2.68. The number of rotatable bonds is 9. The predicted octanol–water partition coefficient (Wildman–Crippen LogP) is 6.46. The van der Waals surface area contributed by atoms with Crippen molar-refractivity contribution in [3.8, 4) is 17.2 Å². The van der Waals surface area contributed by atoms with Gasteiger partial charge in [0.05, 0.1) is 47.1 Å². The highest BCUT2D eigenvalue weighted by molar-refractivity contribution is 9.10. The Hall–Kier alpha value is -3.57. The summed E-state index contributed by atoms with van der Waals surface area (Å²) in [7, 11) is 3.11. The average Bonchev–Trinajstić information content (AvgIpc) is 3.30. The number of fused-ring (bicyclic) bond motifs is 1. The largest absolute Gasteiger partial charge is 0.497 e. The number of hydrogen-bond donors (Lipinski definition) is 0. The number of halogens is 3. The van der Waals surface area contributed by atoms with E-state index in [9.17, 15) is 9.59 Å². The lowest BCUT2D eigenvalue weighted by molar-refractivity contribution is -0.139. The highest BCUT2D eigenvalue weighted by atomic mass is 79.9. The summed E-state index contributed by atoms with van der Waals surface area (Å²) in [6.45, 7) is 3.87. The SMILES string of the molecule is CCOC(=O)C1=C(C)N=c2s/c(=C\c3cc(Br)c(OCc4ccc(Cl)cc4Cl)c(OC)c3)c(=O)n2[C@H]1c1ccc(OC)cc1. The van der Waals surface area contributed by atoms with Gasteiger partial charge in [0.1, 0.15) is 12.4 Å². The van der Waals surface area contributed by atoms with E-state index in [0.29, 0.717) is 57.9 Å². The number of ether oxygens (including phenoxy) is 4. The molecular formula is C32H27BrCl2N2O6S. The van der Waals surface area contributed by atoms with Gasteiger partial charge in [0.15, 0.2) is 16.3 Å². The lowest BCUT2D eigenvalue weighted by Gasteiger charge is -2.24. The van der Waals surface area contributed by atoms with Crippen molar-refractivity contribution in [1.29, 1.82) is 0 Å². The lowest BCUT2D eigenvalue weighted by Crippen LogP contribution is -2.39. The second-order valence-corrected chi connectivity index (χ2v) is 12.3. The zero-order valence-electron chi connectivity index (χ0n) is 24.2. The van der Waals surface area contributed by atoms with Crippen LogP contribution < -0.4 is 29.1 Å². The summed E-state index contributed by atoms with van der Waals surface area (Å²) in [5, 5.41) is 1.03. The second kappa shape index (κ2) is 13.6. The maximum absolute atomic E-state index is 14.0. The van der Waals surface area contributed by atoms with Crippen molar-refractivity contribution < 1.29 is 23.7 Å². The molecule has 12 heteroatoms. The Kier molecular flexibility index (Phi) is 9.84. The number of allylic oxidation sites excluding steroid dienone is 1. The Morgan fingerprint density at radius 3 is 2.50 bits per heavy atom. The number of benzene rings is 3. The zero-order chi connectivity index (χ0) is 31.5. The highest BCUT2D eigenvalue weighted by Crippen LogP contribution is 2.38. The molecule has 1 aromatic heterocycles. The van der Waals surface area contributed by atoms with E-state index >= 15 is 0 Å². The minimum atomic E-state index is -0.727. The van der Waals surface area contributed by atoms with Crippen molar-refractivity contribution in [2.45, 2.75) is 26.5 Å². The van der Waals surface area contributed by atoms with Gasteiger partial charge in [0, 0.05) is 15.6 Å². The van der Waals surface area contributed by atoms with E-state index in [1.54, 1.807) is 63.4 Å². The van der Waals surface area contributed by atoms with Crippen molar-refractivity contribution in [3.63, 3.8) is 0 Å². The van der Waals surface area contributed by atoms with Gasteiger partial charge in [-0.25, -0.2) is 9.79 Å². The molecule has 4 aromatic rings. The molecule has 44 heavy (non-hydrogen) atoms. The van der Waals surface area contributed by atoms with Crippen molar-refractivity contribution in [3.05, 3.63) is 117 Å². The summed E-state index contributed by atoms with van der Waals surface area (Å²) in [6.07, 6.45) is 1.76. The molecule has 0 bridgehead atoms. The first-order chi connectivity index (χ1) is 21.1. The first-order valence-corrected chi connectivity index (χ1v) is 15.8. The minimum absolute atomic E-state index is 0.191. The molecule has 0 radical (unpaired) electrons. The molecule has 0 spiro atoms. The first-order valence-electron chi connectivity index (χ1n) is 13.4. The van der Waals surface area contributed by atoms with Gasteiger partial charge in [-0.15, -0.1) is 0 Å². The molecule has 8 nitrogen and oxygen atoms in total. The van der Waals surface area contributed by atoms with Crippen LogP contribution >= 0.6 is 50.5 Å². The highest BCUT2D eigenvalue weighted by Gasteiger charge is 2.33. The molecule has 0 unspecified atom stereocenters. The summed E-state index contributed by atoms with van der Waals surface area (Å²) >= 11 is 17.1. The topological polar surface area (TPSA) is 88.4 Å². The van der Waals surface area contributed by atoms with Gasteiger partial charge in [-0.05, 0) is 83.4 Å². The van der Waals surface area contributed by atoms with E-state index in [1.165, 1.54) is 23.0 Å². The quantitative estimate of drug-likeness (QED) is 0.185. The van der Waals surface area contributed by atoms with Crippen LogP contribution in [0.1, 0.15) is 36.6 Å². The van der Waals surface area contributed by atoms with E-state index in [0.717, 1.165) is 11.1 Å². The maximum Gasteiger partial charge on any atom is 0.338 e. The number of esters is 1. The molecule has 2 heterocycles. The number of carbonyl (C=O) groups excluding carboxylic acids is 1. The number of hydrogen-bond acceptors (Lipinski definition) is 8. The van der Waals surface area contributed by atoms with Gasteiger partial charge in [-0.3, -0.25) is 9.36 Å². The third-order valence-corrected chi connectivity index (χ3v) is 9.04. The molecule has 0 fully saturated rings. The molecule has 0 aliphatic carbocycles. The second-order valence-electron chi connectivity index (χ2n) is 9.63. The fourth-order valence-corrected chi connectivity index (χ4v) is 6.88. The first kappa shape index (κ1) is 31.8. The number of carbonyl (C=O) groups is 1. The Morgan fingerprint density at radius 2 is 1.84 bits per heavy atom. The molecule has 0 amide bonds. The van der Waals surface area contributed by atoms with E-state index < -0.39 is 12.0 Å². The van der Waals surface area contributed by atoms with Crippen LogP contribution in [0.15, 0.2) is 80.1 Å². The van der Waals surface area contributed by atoms with Gasteiger partial charge < -0.3 is 18.9 Å². The molecule has 0 N–H and O–H groups in total. The molecule has 0 saturated carbocycles. The van der Waals surface area contributed by atoms with E-state index in [1.807, 2.05) is 18.2 Å². The van der Waals surface area contributed by atoms with Crippen LogP contribution in [0.4, 0.5) is 0 Å². The monoisotopic (exact) mass is 716 g/mol. The molecule has 1 aliphatic rings. The molecule has 228 valence electrons. The zero-order valence-corrected chi connectivity index (χ0v) is 28.1. The Bertz CT molecular complexity index is 1950. The van der Waals surface area contributed by atoms with Crippen LogP contribution in [0.25, 0.3) is 6.08 Å². The molecule has 1 atom stereocenters. The summed E-state index contributed by atoms with van der Waals surface area (Å²) < 4.78 is 25.0. The molecule has 3 aromatic carbocycles. The fourth-order valence-electron chi connectivity index (χ4n) is 4.80. The molecule has 1 aliphatic heterocycles. The van der Waals surface area contributed by atoms with E-state index in [2.05, 4.69) is 20.9 Å². The van der Waals surface area contributed by atoms with E-state index in [-0.39, 0.29) is 18.8 Å². The van der Waals surface area contributed by atoms with Crippen molar-refractivity contribution >= 4 is 62.5 Å². The van der Waals surface area contributed by atoms with Crippen molar-refractivity contribution in [2.24, 2.45) is 4.99 Å². The third kappa shape index (κ3) is 6.44. The van der Waals surface area contributed by atoms with Gasteiger partial charge >= 0.3 is 5.97 Å². The normalized spacial score (nSPS) is 14.6. The van der Waals surface area contributed by atoms with Crippen molar-refractivity contribution in [1.82, 2.24) is 4.57 Å². The van der Waals surface area contributed by atoms with Gasteiger partial charge in [0.25, 0.3) is 5.56 Å². The lowest BCUT2D eigenvalue weighted by atomic mass is 9.96. The Labute approximate surface area is 275 Å². The molecule has 0 saturated heterocycles. The maximum atomic E-state index is 14.0. The smallest absolute Gasteiger partial charge is 0.338 e. The summed E-state index contributed by atoms with van der Waals surface area (Å²) in [5.74, 6) is 1.07. The Balaban J connectivity index is 1.56. The number of methoxy groups -OCH3 is 2. The van der Waals surface area contributed by atoms with Crippen LogP contribution in [0.2, 0.25) is 10.0 Å². The minimum Gasteiger partial charge on any atom is -0.497 e. The Morgan fingerprint density at radius 1 is 1.09 bits per heavy atom. The van der Waals surface area contributed by atoms with Crippen LogP contribution in [0, 0.1) is 0 Å². The molecule has 5 rings (SSSR count). The summed E-state index contributed by atoms with van der Waals surface area (Å²) in [6, 6.07) is 15.3. The average molecular weight is 718 g/mol. The van der Waals surface area contributed by atoms with Crippen LogP contribution in [0.5, 0.6) is 17.2 Å². The summed E-state index contributed by atoms with van der Waals surface area (Å²) in [4.78, 5) is 32.2. The van der Waals surface area contributed by atoms with E-state index in [4.69, 9.17) is 42.1 Å². The van der Waals surface area contributed by atoms with Gasteiger partial charge in [-0.1, -0.05) is 52.7 Å². The third-order valence-electron chi connectivity index (χ3n) is 6.89. The van der Waals surface area contributed by atoms with Crippen LogP contribution in [-0.4, -0.2) is 31.4 Å². The van der Waals surface area contributed by atoms with Crippen LogP contribution in [-0.2, 0) is 16.1 Å². The van der Waals surface area contributed by atoms with Crippen LogP contribution in [0.3, 0.4) is 0 Å². The fraction of sp³-hybridized carbons (Fsp3) is 0.219. The number of aromatic nitrogens is 1. The van der Waals surface area contributed by atoms with Gasteiger partial charge in [-0.2, -0.15) is 0 Å². The number of thiazole rings is 1. The predicted molar refractivity (Wildman–Crippen MR) is 175 cm³/mol. The van der Waals surface area contributed by atoms with Gasteiger partial charge in [0.2, 0.25) is 0 Å².